The second-order valence-electron chi connectivity index (χ2n) is 7.91. The Kier molecular flexibility index (Phi) is 5.70. The number of Topliss-reactive ketones (excluding diaryl/α,β-unsaturated/α-hetero) is 1. The fourth-order valence-electron chi connectivity index (χ4n) is 4.11. The van der Waals surface area contributed by atoms with Gasteiger partial charge in [-0.05, 0) is 24.1 Å². The summed E-state index contributed by atoms with van der Waals surface area (Å²) in [6.07, 6.45) is 1.56. The average molecular weight is 417 g/mol. The first-order valence-electron chi connectivity index (χ1n) is 10.4. The van der Waals surface area contributed by atoms with Crippen LogP contribution in [-0.4, -0.2) is 16.8 Å². The summed E-state index contributed by atoms with van der Waals surface area (Å²) in [7, 11) is 0. The van der Waals surface area contributed by atoms with E-state index in [2.05, 4.69) is 6.92 Å². The van der Waals surface area contributed by atoms with E-state index in [0.717, 1.165) is 18.4 Å². The van der Waals surface area contributed by atoms with Gasteiger partial charge in [-0.1, -0.05) is 74.0 Å². The van der Waals surface area contributed by atoms with E-state index >= 15 is 0 Å². The van der Waals surface area contributed by atoms with Crippen LogP contribution < -0.4 is 4.90 Å². The van der Waals surface area contributed by atoms with Crippen molar-refractivity contribution in [1.29, 1.82) is 0 Å². The van der Waals surface area contributed by atoms with Crippen LogP contribution in [-0.2, 0) is 23.4 Å². The highest BCUT2D eigenvalue weighted by atomic mass is 19.1. The number of benzene rings is 3. The molecule has 1 N–H and O–H groups in total. The number of hydrogen-bond acceptors (Lipinski definition) is 3. The molecular formula is C26H24FNO3. The maximum Gasteiger partial charge on any atom is 0.264 e. The summed E-state index contributed by atoms with van der Waals surface area (Å²) in [5, 5.41) is 11.4. The molecular weight excluding hydrogens is 393 g/mol. The summed E-state index contributed by atoms with van der Waals surface area (Å²) in [6, 6.07) is 20.3. The highest BCUT2D eigenvalue weighted by Gasteiger charge is 2.50. The zero-order valence-electron chi connectivity index (χ0n) is 17.3. The molecule has 0 saturated carbocycles. The lowest BCUT2D eigenvalue weighted by Gasteiger charge is -2.23. The van der Waals surface area contributed by atoms with Crippen molar-refractivity contribution in [2.45, 2.75) is 38.3 Å². The molecule has 31 heavy (non-hydrogen) atoms. The molecule has 4 rings (SSSR count). The van der Waals surface area contributed by atoms with Crippen LogP contribution in [0.4, 0.5) is 10.1 Å². The van der Waals surface area contributed by atoms with Crippen LogP contribution in [0.25, 0.3) is 0 Å². The second-order valence-corrected chi connectivity index (χ2v) is 7.91. The van der Waals surface area contributed by atoms with Crippen molar-refractivity contribution >= 4 is 17.4 Å². The number of aryl methyl sites for hydroxylation is 1. The lowest BCUT2D eigenvalue weighted by atomic mass is 9.88. The second kappa shape index (κ2) is 8.44. The van der Waals surface area contributed by atoms with E-state index < -0.39 is 17.3 Å². The minimum absolute atomic E-state index is 0.0231. The number of ketones is 1. The molecule has 0 saturated heterocycles. The lowest BCUT2D eigenvalue weighted by Crippen LogP contribution is -2.41. The Bertz CT molecular complexity index is 1130. The van der Waals surface area contributed by atoms with Gasteiger partial charge >= 0.3 is 0 Å². The molecule has 0 fully saturated rings. The number of carbonyl (C=O) groups excluding carboxylic acids is 2. The van der Waals surface area contributed by atoms with Gasteiger partial charge in [0.2, 0.25) is 0 Å². The number of para-hydroxylation sites is 1. The highest BCUT2D eigenvalue weighted by molar-refractivity contribution is 6.10. The van der Waals surface area contributed by atoms with Crippen LogP contribution in [0.1, 0.15) is 46.8 Å². The minimum atomic E-state index is -1.99. The van der Waals surface area contributed by atoms with Crippen LogP contribution in [0, 0.1) is 5.82 Å². The average Bonchev–Trinajstić information content (AvgIpc) is 2.98. The number of amides is 1. The van der Waals surface area contributed by atoms with Gasteiger partial charge < -0.3 is 10.0 Å². The molecule has 4 nitrogen and oxygen atoms in total. The molecule has 0 unspecified atom stereocenters. The monoisotopic (exact) mass is 417 g/mol. The molecule has 1 aliphatic rings. The fourth-order valence-corrected chi connectivity index (χ4v) is 4.11. The van der Waals surface area contributed by atoms with E-state index in [1.807, 2.05) is 12.1 Å². The molecule has 1 amide bonds. The summed E-state index contributed by atoms with van der Waals surface area (Å²) < 4.78 is 14.2. The van der Waals surface area contributed by atoms with Crippen molar-refractivity contribution in [2.24, 2.45) is 0 Å². The zero-order chi connectivity index (χ0) is 22.0. The first kappa shape index (κ1) is 20.9. The molecule has 1 atom stereocenters. The zero-order valence-corrected chi connectivity index (χ0v) is 17.3. The van der Waals surface area contributed by atoms with Crippen molar-refractivity contribution in [3.63, 3.8) is 0 Å². The van der Waals surface area contributed by atoms with Gasteiger partial charge in [0.05, 0.1) is 18.7 Å². The van der Waals surface area contributed by atoms with Crippen LogP contribution in [0.3, 0.4) is 0 Å². The van der Waals surface area contributed by atoms with E-state index in [1.54, 1.807) is 54.6 Å². The molecule has 0 aromatic heterocycles. The molecule has 158 valence electrons. The molecule has 3 aromatic carbocycles. The quantitative estimate of drug-likeness (QED) is 0.563. The van der Waals surface area contributed by atoms with Crippen LogP contribution >= 0.6 is 0 Å². The van der Waals surface area contributed by atoms with Crippen molar-refractivity contribution < 1.29 is 19.1 Å². The van der Waals surface area contributed by atoms with Gasteiger partial charge in [0, 0.05) is 16.7 Å². The fraction of sp³-hybridized carbons (Fsp3) is 0.231. The number of aliphatic hydroxyl groups is 1. The molecule has 1 aliphatic heterocycles. The van der Waals surface area contributed by atoms with Crippen LogP contribution in [0.2, 0.25) is 0 Å². The maximum atomic E-state index is 14.2. The number of rotatable bonds is 7. The lowest BCUT2D eigenvalue weighted by molar-refractivity contribution is -0.136. The Labute approximate surface area is 181 Å². The number of hydrogen-bond donors (Lipinski definition) is 1. The molecule has 0 spiro atoms. The van der Waals surface area contributed by atoms with Gasteiger partial charge in [-0.3, -0.25) is 9.59 Å². The Hall–Kier alpha value is -3.31. The predicted octanol–water partition coefficient (Wildman–Crippen LogP) is 4.79. The smallest absolute Gasteiger partial charge is 0.264 e. The molecule has 0 radical (unpaired) electrons. The van der Waals surface area contributed by atoms with Gasteiger partial charge in [-0.15, -0.1) is 0 Å². The number of halogens is 1. The third kappa shape index (κ3) is 3.89. The summed E-state index contributed by atoms with van der Waals surface area (Å²) in [4.78, 5) is 27.6. The number of fused-ring (bicyclic) bond motifs is 1. The number of nitrogens with zero attached hydrogens (tertiary/aromatic N) is 1. The maximum absolute atomic E-state index is 14.2. The Balaban J connectivity index is 1.63. The summed E-state index contributed by atoms with van der Waals surface area (Å²) in [5.41, 5.74) is 0.799. The summed E-state index contributed by atoms with van der Waals surface area (Å²) in [5.74, 6) is -1.36. The number of carbonyl (C=O) groups is 2. The highest BCUT2D eigenvalue weighted by Crippen LogP contribution is 2.43. The van der Waals surface area contributed by atoms with Crippen molar-refractivity contribution in [3.8, 4) is 0 Å². The van der Waals surface area contributed by atoms with Crippen LogP contribution in [0.15, 0.2) is 72.8 Å². The first-order chi connectivity index (χ1) is 14.9. The standard InChI is InChI=1S/C26H24FNO3/c1-2-7-18-12-14-19(15-13-18)24(29)16-26(31)21-9-4-6-11-23(21)28(25(26)30)17-20-8-3-5-10-22(20)27/h3-6,8-15,31H,2,7,16-17H2,1H3/t26-/m0/s1. The molecule has 1 heterocycles. The largest absolute Gasteiger partial charge is 0.375 e. The van der Waals surface area contributed by atoms with Gasteiger partial charge in [-0.25, -0.2) is 4.39 Å². The van der Waals surface area contributed by atoms with Crippen molar-refractivity contribution in [3.05, 3.63) is 101 Å². The molecule has 0 aliphatic carbocycles. The summed E-state index contributed by atoms with van der Waals surface area (Å²) in [6.45, 7) is 2.07. The van der Waals surface area contributed by atoms with E-state index in [1.165, 1.54) is 11.0 Å². The van der Waals surface area contributed by atoms with Crippen molar-refractivity contribution in [2.75, 3.05) is 4.90 Å². The molecule has 3 aromatic rings. The third-order valence-corrected chi connectivity index (χ3v) is 5.76. The minimum Gasteiger partial charge on any atom is -0.375 e. The van der Waals surface area contributed by atoms with Gasteiger partial charge in [0.25, 0.3) is 5.91 Å². The van der Waals surface area contributed by atoms with E-state index in [9.17, 15) is 19.1 Å². The third-order valence-electron chi connectivity index (χ3n) is 5.76. The van der Waals surface area contributed by atoms with E-state index in [0.29, 0.717) is 22.4 Å². The first-order valence-corrected chi connectivity index (χ1v) is 10.4. The van der Waals surface area contributed by atoms with Crippen molar-refractivity contribution in [1.82, 2.24) is 0 Å². The normalized spacial score (nSPS) is 17.6. The van der Waals surface area contributed by atoms with Gasteiger partial charge in [0.15, 0.2) is 11.4 Å². The van der Waals surface area contributed by atoms with E-state index in [4.69, 9.17) is 0 Å². The Morgan fingerprint density at radius 1 is 1.00 bits per heavy atom. The molecule has 0 bridgehead atoms. The van der Waals surface area contributed by atoms with Crippen LogP contribution in [0.5, 0.6) is 0 Å². The Morgan fingerprint density at radius 2 is 1.68 bits per heavy atom. The topological polar surface area (TPSA) is 57.6 Å². The van der Waals surface area contributed by atoms with Gasteiger partial charge in [0.1, 0.15) is 5.82 Å². The SMILES string of the molecule is CCCc1ccc(C(=O)C[C@@]2(O)C(=O)N(Cc3ccccc3F)c3ccccc32)cc1. The van der Waals surface area contributed by atoms with E-state index in [-0.39, 0.29) is 18.7 Å². The Morgan fingerprint density at radius 3 is 2.39 bits per heavy atom. The molecule has 5 heteroatoms. The predicted molar refractivity (Wildman–Crippen MR) is 117 cm³/mol. The number of anilines is 1. The van der Waals surface area contributed by atoms with Gasteiger partial charge in [-0.2, -0.15) is 0 Å². The summed E-state index contributed by atoms with van der Waals surface area (Å²) >= 11 is 0.